The van der Waals surface area contributed by atoms with Crippen LogP contribution in [0.15, 0.2) is 18.7 Å². The van der Waals surface area contributed by atoms with Crippen LogP contribution in [0.1, 0.15) is 0 Å². The summed E-state index contributed by atoms with van der Waals surface area (Å²) < 4.78 is 1.72. The fourth-order valence-corrected chi connectivity index (χ4v) is 1.62. The molecule has 2 rings (SSSR count). The highest BCUT2D eigenvalue weighted by molar-refractivity contribution is 6.49. The molecule has 0 amide bonds. The van der Waals surface area contributed by atoms with Gasteiger partial charge >= 0.3 is 0 Å². The van der Waals surface area contributed by atoms with E-state index in [9.17, 15) is 0 Å². The summed E-state index contributed by atoms with van der Waals surface area (Å²) in [5, 5.41) is 1.22. The van der Waals surface area contributed by atoms with Crippen molar-refractivity contribution < 1.29 is 0 Å². The topological polar surface area (TPSA) is 17.3 Å². The molecule has 0 bridgehead atoms. The van der Waals surface area contributed by atoms with Crippen molar-refractivity contribution in [2.24, 2.45) is 0 Å². The first-order valence-corrected chi connectivity index (χ1v) is 4.28. The van der Waals surface area contributed by atoms with E-state index in [1.54, 1.807) is 23.1 Å². The van der Waals surface area contributed by atoms with E-state index in [-0.39, 0.29) is 0 Å². The maximum absolute atomic E-state index is 5.90. The van der Waals surface area contributed by atoms with Crippen LogP contribution in [-0.4, -0.2) is 9.38 Å². The first-order chi connectivity index (χ1) is 5.70. The molecule has 0 saturated heterocycles. The molecule has 0 aliphatic carbocycles. The molecule has 0 radical (unpaired) electrons. The zero-order valence-corrected chi connectivity index (χ0v) is 8.03. The minimum atomic E-state index is 0.367. The molecule has 0 N–H and O–H groups in total. The molecular formula is C7H3Cl3N2. The lowest BCUT2D eigenvalue weighted by atomic mass is 10.4. The number of pyridine rings is 1. The lowest BCUT2D eigenvalue weighted by Crippen LogP contribution is -1.83. The molecule has 2 nitrogen and oxygen atoms in total. The minimum Gasteiger partial charge on any atom is -0.303 e. The van der Waals surface area contributed by atoms with E-state index in [0.717, 1.165) is 5.52 Å². The average Bonchev–Trinajstić information content (AvgIpc) is 2.48. The second-order valence-electron chi connectivity index (χ2n) is 2.29. The fraction of sp³-hybridized carbons (Fsp3) is 0. The molecule has 0 aromatic carbocycles. The second kappa shape index (κ2) is 2.80. The Kier molecular flexibility index (Phi) is 1.91. The van der Waals surface area contributed by atoms with Gasteiger partial charge in [0, 0.05) is 6.20 Å². The maximum Gasteiger partial charge on any atom is 0.0992 e. The Morgan fingerprint density at radius 3 is 2.67 bits per heavy atom. The largest absolute Gasteiger partial charge is 0.303 e. The summed E-state index contributed by atoms with van der Waals surface area (Å²) in [6, 6.07) is 0. The molecule has 0 fully saturated rings. The number of fused-ring (bicyclic) bond motifs is 1. The minimum absolute atomic E-state index is 0.367. The van der Waals surface area contributed by atoms with Gasteiger partial charge in [-0.15, -0.1) is 0 Å². The molecule has 0 unspecified atom stereocenters. The van der Waals surface area contributed by atoms with E-state index in [1.165, 1.54) is 0 Å². The van der Waals surface area contributed by atoms with Crippen LogP contribution in [0.25, 0.3) is 5.52 Å². The van der Waals surface area contributed by atoms with Crippen molar-refractivity contribution in [3.05, 3.63) is 33.8 Å². The van der Waals surface area contributed by atoms with Gasteiger partial charge in [0.1, 0.15) is 0 Å². The smallest absolute Gasteiger partial charge is 0.0992 e. The van der Waals surface area contributed by atoms with Gasteiger partial charge < -0.3 is 4.40 Å². The highest BCUT2D eigenvalue weighted by Gasteiger charge is 2.08. The van der Waals surface area contributed by atoms with Crippen LogP contribution >= 0.6 is 34.8 Å². The zero-order chi connectivity index (χ0) is 8.72. The van der Waals surface area contributed by atoms with Gasteiger partial charge in [-0.25, -0.2) is 4.98 Å². The summed E-state index contributed by atoms with van der Waals surface area (Å²) in [4.78, 5) is 3.91. The average molecular weight is 221 g/mol. The Hall–Kier alpha value is -0.440. The molecule has 0 aliphatic heterocycles. The number of aromatic nitrogens is 2. The first kappa shape index (κ1) is 8.17. The Morgan fingerprint density at radius 1 is 1.17 bits per heavy atom. The van der Waals surface area contributed by atoms with Crippen LogP contribution < -0.4 is 0 Å². The van der Waals surface area contributed by atoms with Crippen LogP contribution in [0.4, 0.5) is 0 Å². The van der Waals surface area contributed by atoms with Crippen molar-refractivity contribution in [1.29, 1.82) is 0 Å². The number of hydrogen-bond donors (Lipinski definition) is 0. The van der Waals surface area contributed by atoms with E-state index >= 15 is 0 Å². The summed E-state index contributed by atoms with van der Waals surface area (Å²) in [5.41, 5.74) is 0.756. The predicted octanol–water partition coefficient (Wildman–Crippen LogP) is 3.29. The fourth-order valence-electron chi connectivity index (χ4n) is 0.974. The van der Waals surface area contributed by atoms with E-state index in [4.69, 9.17) is 34.8 Å². The summed E-state index contributed by atoms with van der Waals surface area (Å²) in [6.45, 7) is 0. The third kappa shape index (κ3) is 1.07. The molecule has 2 aromatic rings. The summed E-state index contributed by atoms with van der Waals surface area (Å²) in [7, 11) is 0. The molecule has 5 heteroatoms. The molecule has 12 heavy (non-hydrogen) atoms. The number of nitrogens with zero attached hydrogens (tertiary/aromatic N) is 2. The van der Waals surface area contributed by atoms with Gasteiger partial charge in [-0.3, -0.25) is 0 Å². The Labute approximate surface area is 83.7 Å². The van der Waals surface area contributed by atoms with Gasteiger partial charge in [-0.05, 0) is 0 Å². The van der Waals surface area contributed by atoms with E-state index < -0.39 is 0 Å². The van der Waals surface area contributed by atoms with E-state index in [0.29, 0.717) is 15.1 Å². The molecule has 2 heterocycles. The predicted molar refractivity (Wildman–Crippen MR) is 50.2 cm³/mol. The van der Waals surface area contributed by atoms with Gasteiger partial charge in [0.25, 0.3) is 0 Å². The number of imidazole rings is 1. The number of halogens is 3. The Bertz CT molecular complexity index is 435. The van der Waals surface area contributed by atoms with Crippen molar-refractivity contribution in [1.82, 2.24) is 9.38 Å². The third-order valence-electron chi connectivity index (χ3n) is 1.55. The van der Waals surface area contributed by atoms with Crippen LogP contribution in [0, 0.1) is 0 Å². The van der Waals surface area contributed by atoms with Crippen LogP contribution in [0.3, 0.4) is 0 Å². The lowest BCUT2D eigenvalue weighted by molar-refractivity contribution is 1.15. The molecule has 0 atom stereocenters. The number of hydrogen-bond acceptors (Lipinski definition) is 1. The zero-order valence-electron chi connectivity index (χ0n) is 5.76. The standard InChI is InChI=1S/C7H3Cl3N2/c8-4-2-12-3-11-1-5(12)7(10)6(4)9/h1-3H. The molecule has 62 valence electrons. The van der Waals surface area contributed by atoms with Gasteiger partial charge in [-0.1, -0.05) is 34.8 Å². The maximum atomic E-state index is 5.90. The van der Waals surface area contributed by atoms with Gasteiger partial charge in [0.05, 0.1) is 33.1 Å². The van der Waals surface area contributed by atoms with Crippen molar-refractivity contribution in [2.45, 2.75) is 0 Å². The molecule has 0 saturated carbocycles. The van der Waals surface area contributed by atoms with E-state index in [2.05, 4.69) is 4.98 Å². The monoisotopic (exact) mass is 220 g/mol. The highest BCUT2D eigenvalue weighted by Crippen LogP contribution is 2.32. The molecular weight excluding hydrogens is 218 g/mol. The van der Waals surface area contributed by atoms with Gasteiger partial charge in [0.2, 0.25) is 0 Å². The summed E-state index contributed by atoms with van der Waals surface area (Å²) in [5.74, 6) is 0. The number of rotatable bonds is 0. The lowest BCUT2D eigenvalue weighted by Gasteiger charge is -2.00. The Morgan fingerprint density at radius 2 is 1.92 bits per heavy atom. The Balaban J connectivity index is 2.94. The third-order valence-corrected chi connectivity index (χ3v) is 2.80. The van der Waals surface area contributed by atoms with Crippen molar-refractivity contribution in [3.63, 3.8) is 0 Å². The SMILES string of the molecule is Clc1cn2cncc2c(Cl)c1Cl. The molecule has 0 aliphatic rings. The summed E-state index contributed by atoms with van der Waals surface area (Å²) in [6.07, 6.45) is 4.91. The highest BCUT2D eigenvalue weighted by atomic mass is 35.5. The normalized spacial score (nSPS) is 10.9. The van der Waals surface area contributed by atoms with Crippen LogP contribution in [0.5, 0.6) is 0 Å². The van der Waals surface area contributed by atoms with Crippen LogP contribution in [-0.2, 0) is 0 Å². The van der Waals surface area contributed by atoms with Crippen molar-refractivity contribution in [3.8, 4) is 0 Å². The second-order valence-corrected chi connectivity index (χ2v) is 3.45. The quantitative estimate of drug-likeness (QED) is 0.667. The van der Waals surface area contributed by atoms with E-state index in [1.807, 2.05) is 0 Å². The molecule has 2 aromatic heterocycles. The van der Waals surface area contributed by atoms with Crippen LogP contribution in [0.2, 0.25) is 15.1 Å². The van der Waals surface area contributed by atoms with Crippen molar-refractivity contribution in [2.75, 3.05) is 0 Å². The molecule has 0 spiro atoms. The van der Waals surface area contributed by atoms with Crippen molar-refractivity contribution >= 4 is 40.3 Å². The van der Waals surface area contributed by atoms with Gasteiger partial charge in [0.15, 0.2) is 0 Å². The van der Waals surface area contributed by atoms with Gasteiger partial charge in [-0.2, -0.15) is 0 Å². The summed E-state index contributed by atoms with van der Waals surface area (Å²) >= 11 is 17.5. The first-order valence-electron chi connectivity index (χ1n) is 3.15.